The Hall–Kier alpha value is -3.02. The summed E-state index contributed by atoms with van der Waals surface area (Å²) in [7, 11) is 0. The lowest BCUT2D eigenvalue weighted by molar-refractivity contribution is -0.121. The Morgan fingerprint density at radius 1 is 1.21 bits per heavy atom. The highest BCUT2D eigenvalue weighted by atomic mass is 16.5. The van der Waals surface area contributed by atoms with Crippen LogP contribution in [-0.4, -0.2) is 29.9 Å². The van der Waals surface area contributed by atoms with E-state index in [0.29, 0.717) is 6.61 Å². The summed E-state index contributed by atoms with van der Waals surface area (Å²) in [5.41, 5.74) is 4.08. The van der Waals surface area contributed by atoms with Gasteiger partial charge in [0.05, 0.1) is 12.8 Å². The average molecular weight is 327 g/mol. The molecule has 1 amide bonds. The van der Waals surface area contributed by atoms with Crippen molar-refractivity contribution >= 4 is 17.8 Å². The fourth-order valence-electron chi connectivity index (χ4n) is 1.96. The molecule has 0 fully saturated rings. The number of anilines is 1. The summed E-state index contributed by atoms with van der Waals surface area (Å²) < 4.78 is 5.37. The van der Waals surface area contributed by atoms with Crippen molar-refractivity contribution in [2.24, 2.45) is 5.10 Å². The first-order chi connectivity index (χ1) is 11.6. The molecule has 1 unspecified atom stereocenters. The second-order valence-corrected chi connectivity index (χ2v) is 5.15. The highest BCUT2D eigenvalue weighted by molar-refractivity contribution is 5.86. The first-order valence-corrected chi connectivity index (χ1v) is 7.70. The van der Waals surface area contributed by atoms with Crippen molar-refractivity contribution in [1.82, 2.24) is 5.43 Å². The fourth-order valence-corrected chi connectivity index (χ4v) is 1.96. The molecule has 0 aromatic heterocycles. The standard InChI is InChI=1S/C18H21N3O3/c1-3-24-17-10-6-15(7-11-17)20-13(2)18(23)21-19-12-14-4-8-16(22)9-5-14/h4-13,20,22H,3H2,1-2H3,(H,21,23). The van der Waals surface area contributed by atoms with Crippen LogP contribution in [0.25, 0.3) is 0 Å². The Morgan fingerprint density at radius 3 is 2.50 bits per heavy atom. The summed E-state index contributed by atoms with van der Waals surface area (Å²) >= 11 is 0. The number of hydrogen-bond acceptors (Lipinski definition) is 5. The van der Waals surface area contributed by atoms with Crippen LogP contribution >= 0.6 is 0 Å². The SMILES string of the molecule is CCOc1ccc(NC(C)C(=O)NN=Cc2ccc(O)cc2)cc1. The van der Waals surface area contributed by atoms with E-state index in [0.717, 1.165) is 17.0 Å². The zero-order valence-electron chi connectivity index (χ0n) is 13.7. The summed E-state index contributed by atoms with van der Waals surface area (Å²) in [5.74, 6) is 0.724. The number of rotatable bonds is 7. The van der Waals surface area contributed by atoms with E-state index >= 15 is 0 Å². The molecule has 0 bridgehead atoms. The van der Waals surface area contributed by atoms with Crippen LogP contribution in [0.1, 0.15) is 19.4 Å². The summed E-state index contributed by atoms with van der Waals surface area (Å²) in [6.07, 6.45) is 1.51. The van der Waals surface area contributed by atoms with Crippen molar-refractivity contribution in [3.05, 3.63) is 54.1 Å². The number of amides is 1. The molecule has 6 nitrogen and oxygen atoms in total. The molecule has 3 N–H and O–H groups in total. The minimum absolute atomic E-state index is 0.185. The summed E-state index contributed by atoms with van der Waals surface area (Å²) in [6, 6.07) is 13.5. The Labute approximate surface area is 141 Å². The van der Waals surface area contributed by atoms with Crippen molar-refractivity contribution < 1.29 is 14.6 Å². The zero-order chi connectivity index (χ0) is 17.4. The topological polar surface area (TPSA) is 83.0 Å². The maximum Gasteiger partial charge on any atom is 0.262 e. The zero-order valence-corrected chi connectivity index (χ0v) is 13.7. The number of hydrazone groups is 1. The average Bonchev–Trinajstić information content (AvgIpc) is 2.58. The van der Waals surface area contributed by atoms with Gasteiger partial charge in [0.2, 0.25) is 0 Å². The molecule has 24 heavy (non-hydrogen) atoms. The summed E-state index contributed by atoms with van der Waals surface area (Å²) in [4.78, 5) is 12.0. The number of carbonyl (C=O) groups is 1. The molecule has 0 aliphatic heterocycles. The molecule has 0 spiro atoms. The highest BCUT2D eigenvalue weighted by Crippen LogP contribution is 2.16. The number of nitrogens with zero attached hydrogens (tertiary/aromatic N) is 1. The molecule has 2 aromatic rings. The number of ether oxygens (including phenoxy) is 1. The molecular formula is C18H21N3O3. The van der Waals surface area contributed by atoms with Crippen LogP contribution in [0.5, 0.6) is 11.5 Å². The summed E-state index contributed by atoms with van der Waals surface area (Å²) in [6.45, 7) is 4.30. The molecule has 2 rings (SSSR count). The molecule has 2 aromatic carbocycles. The molecule has 0 saturated heterocycles. The number of carbonyl (C=O) groups excluding carboxylic acids is 1. The van der Waals surface area contributed by atoms with Crippen molar-refractivity contribution in [2.45, 2.75) is 19.9 Å². The molecule has 6 heteroatoms. The van der Waals surface area contributed by atoms with Crippen LogP contribution in [0.4, 0.5) is 5.69 Å². The maximum absolute atomic E-state index is 12.0. The van der Waals surface area contributed by atoms with E-state index in [2.05, 4.69) is 15.8 Å². The van der Waals surface area contributed by atoms with Crippen molar-refractivity contribution in [3.8, 4) is 11.5 Å². The third-order valence-electron chi connectivity index (χ3n) is 3.22. The second-order valence-electron chi connectivity index (χ2n) is 5.15. The molecule has 0 aliphatic carbocycles. The second kappa shape index (κ2) is 8.57. The fraction of sp³-hybridized carbons (Fsp3) is 0.222. The van der Waals surface area contributed by atoms with Gasteiger partial charge in [0, 0.05) is 5.69 Å². The molecule has 126 valence electrons. The third kappa shape index (κ3) is 5.31. The molecular weight excluding hydrogens is 306 g/mol. The number of aromatic hydroxyl groups is 1. The van der Waals surface area contributed by atoms with Crippen molar-refractivity contribution in [3.63, 3.8) is 0 Å². The van der Waals surface area contributed by atoms with Gasteiger partial charge in [-0.3, -0.25) is 4.79 Å². The molecule has 1 atom stereocenters. The van der Waals surface area contributed by atoms with Crippen molar-refractivity contribution in [2.75, 3.05) is 11.9 Å². The lowest BCUT2D eigenvalue weighted by Crippen LogP contribution is -2.34. The molecule has 0 saturated carbocycles. The van der Waals surface area contributed by atoms with Gasteiger partial charge in [-0.05, 0) is 67.9 Å². The monoisotopic (exact) mass is 327 g/mol. The van der Waals surface area contributed by atoms with Gasteiger partial charge in [0.15, 0.2) is 0 Å². The minimum Gasteiger partial charge on any atom is -0.508 e. The normalized spacial score (nSPS) is 11.9. The number of hydrogen-bond donors (Lipinski definition) is 3. The van der Waals surface area contributed by atoms with Crippen LogP contribution in [-0.2, 0) is 4.79 Å². The van der Waals surface area contributed by atoms with Gasteiger partial charge in [-0.15, -0.1) is 0 Å². The van der Waals surface area contributed by atoms with Gasteiger partial charge in [-0.25, -0.2) is 5.43 Å². The van der Waals surface area contributed by atoms with E-state index in [1.165, 1.54) is 6.21 Å². The van der Waals surface area contributed by atoms with Crippen LogP contribution in [0.3, 0.4) is 0 Å². The first-order valence-electron chi connectivity index (χ1n) is 7.70. The van der Waals surface area contributed by atoms with Crippen molar-refractivity contribution in [1.29, 1.82) is 0 Å². The van der Waals surface area contributed by atoms with Gasteiger partial charge in [-0.2, -0.15) is 5.10 Å². The van der Waals surface area contributed by atoms with E-state index in [1.807, 2.05) is 31.2 Å². The van der Waals surface area contributed by atoms with Gasteiger partial charge in [0.1, 0.15) is 17.5 Å². The Balaban J connectivity index is 1.84. The highest BCUT2D eigenvalue weighted by Gasteiger charge is 2.11. The lowest BCUT2D eigenvalue weighted by Gasteiger charge is -2.13. The van der Waals surface area contributed by atoms with Crippen LogP contribution in [0.2, 0.25) is 0 Å². The Kier molecular flexibility index (Phi) is 6.19. The van der Waals surface area contributed by atoms with Gasteiger partial charge < -0.3 is 15.2 Å². The maximum atomic E-state index is 12.0. The Morgan fingerprint density at radius 2 is 1.88 bits per heavy atom. The number of phenolic OH excluding ortho intramolecular Hbond substituents is 1. The van der Waals surface area contributed by atoms with Gasteiger partial charge in [-0.1, -0.05) is 0 Å². The van der Waals surface area contributed by atoms with Crippen LogP contribution < -0.4 is 15.5 Å². The predicted molar refractivity (Wildman–Crippen MR) is 94.5 cm³/mol. The number of nitrogens with one attached hydrogen (secondary N) is 2. The molecule has 0 radical (unpaired) electrons. The van der Waals surface area contributed by atoms with E-state index < -0.39 is 6.04 Å². The van der Waals surface area contributed by atoms with E-state index in [4.69, 9.17) is 4.74 Å². The van der Waals surface area contributed by atoms with Gasteiger partial charge >= 0.3 is 0 Å². The number of phenols is 1. The lowest BCUT2D eigenvalue weighted by atomic mass is 10.2. The van der Waals surface area contributed by atoms with E-state index in [9.17, 15) is 9.90 Å². The quantitative estimate of drug-likeness (QED) is 0.539. The first kappa shape index (κ1) is 17.3. The number of benzene rings is 2. The molecule has 0 heterocycles. The largest absolute Gasteiger partial charge is 0.508 e. The third-order valence-corrected chi connectivity index (χ3v) is 3.22. The smallest absolute Gasteiger partial charge is 0.262 e. The van der Waals surface area contributed by atoms with Crippen LogP contribution in [0, 0.1) is 0 Å². The van der Waals surface area contributed by atoms with E-state index in [1.54, 1.807) is 31.2 Å². The molecule has 0 aliphatic rings. The van der Waals surface area contributed by atoms with E-state index in [-0.39, 0.29) is 11.7 Å². The minimum atomic E-state index is -0.445. The van der Waals surface area contributed by atoms with Crippen LogP contribution in [0.15, 0.2) is 53.6 Å². The summed E-state index contributed by atoms with van der Waals surface area (Å²) in [5, 5.41) is 16.2. The Bertz CT molecular complexity index is 682. The van der Waals surface area contributed by atoms with Gasteiger partial charge in [0.25, 0.3) is 5.91 Å². The predicted octanol–water partition coefficient (Wildman–Crippen LogP) is 2.74.